The van der Waals surface area contributed by atoms with Gasteiger partial charge in [-0.3, -0.25) is 0 Å². The number of rotatable bonds is 5. The molecule has 4 nitrogen and oxygen atoms in total. The average molecular weight is 285 g/mol. The summed E-state index contributed by atoms with van der Waals surface area (Å²) in [5.41, 5.74) is -0.621. The van der Waals surface area contributed by atoms with Gasteiger partial charge in [-0.25, -0.2) is 0 Å². The van der Waals surface area contributed by atoms with Gasteiger partial charge >= 0.3 is 0 Å². The second-order valence-corrected chi connectivity index (χ2v) is 5.05. The molecule has 104 valence electrons. The molecule has 1 atom stereocenters. The molecule has 0 aliphatic heterocycles. The van der Waals surface area contributed by atoms with Crippen LogP contribution >= 0.6 is 11.6 Å². The van der Waals surface area contributed by atoms with Crippen LogP contribution in [0.3, 0.4) is 0 Å². The van der Waals surface area contributed by atoms with Gasteiger partial charge in [-0.05, 0) is 19.1 Å². The molecule has 1 unspecified atom stereocenters. The SMILES string of the molecule is COC(CC(C)(O)c1cc2cccc(Cl)c2o1)OC. The van der Waals surface area contributed by atoms with Crippen LogP contribution in [0, 0.1) is 0 Å². The van der Waals surface area contributed by atoms with Crippen LogP contribution in [0.2, 0.25) is 5.02 Å². The van der Waals surface area contributed by atoms with Crippen molar-refractivity contribution in [2.75, 3.05) is 14.2 Å². The topological polar surface area (TPSA) is 51.8 Å². The summed E-state index contributed by atoms with van der Waals surface area (Å²) >= 11 is 6.06. The minimum absolute atomic E-state index is 0.261. The van der Waals surface area contributed by atoms with E-state index in [1.54, 1.807) is 19.1 Å². The molecule has 1 N–H and O–H groups in total. The molecule has 0 radical (unpaired) electrons. The normalized spacial score (nSPS) is 15.1. The third-order valence-corrected chi connectivity index (χ3v) is 3.41. The lowest BCUT2D eigenvalue weighted by atomic mass is 9.98. The van der Waals surface area contributed by atoms with Crippen LogP contribution in [0.15, 0.2) is 28.7 Å². The molecular weight excluding hydrogens is 268 g/mol. The molecule has 0 aliphatic rings. The van der Waals surface area contributed by atoms with E-state index in [1.807, 2.05) is 12.1 Å². The molecular formula is C14H17ClO4. The number of methoxy groups -OCH3 is 2. The summed E-state index contributed by atoms with van der Waals surface area (Å²) in [6.07, 6.45) is -0.240. The van der Waals surface area contributed by atoms with Gasteiger partial charge in [0.05, 0.1) is 5.02 Å². The molecule has 1 aromatic heterocycles. The Balaban J connectivity index is 2.34. The van der Waals surface area contributed by atoms with Crippen molar-refractivity contribution >= 4 is 22.6 Å². The van der Waals surface area contributed by atoms with Gasteiger partial charge in [-0.2, -0.15) is 0 Å². The highest BCUT2D eigenvalue weighted by molar-refractivity contribution is 6.34. The maximum absolute atomic E-state index is 10.5. The Labute approximate surface area is 116 Å². The fourth-order valence-electron chi connectivity index (χ4n) is 1.98. The predicted molar refractivity (Wildman–Crippen MR) is 73.2 cm³/mol. The van der Waals surface area contributed by atoms with Crippen molar-refractivity contribution in [3.8, 4) is 0 Å². The zero-order valence-electron chi connectivity index (χ0n) is 11.1. The Morgan fingerprint density at radius 3 is 2.63 bits per heavy atom. The number of aliphatic hydroxyl groups is 1. The van der Waals surface area contributed by atoms with Crippen LogP contribution in [0.1, 0.15) is 19.1 Å². The van der Waals surface area contributed by atoms with E-state index in [2.05, 4.69) is 0 Å². The van der Waals surface area contributed by atoms with Crippen molar-refractivity contribution in [1.29, 1.82) is 0 Å². The van der Waals surface area contributed by atoms with E-state index < -0.39 is 11.9 Å². The monoisotopic (exact) mass is 284 g/mol. The molecule has 2 rings (SSSR count). The minimum Gasteiger partial charge on any atom is -0.456 e. The molecule has 0 aliphatic carbocycles. The molecule has 0 saturated heterocycles. The minimum atomic E-state index is -1.20. The predicted octanol–water partition coefficient (Wildman–Crippen LogP) is 3.30. The zero-order chi connectivity index (χ0) is 14.0. The molecule has 0 amide bonds. The van der Waals surface area contributed by atoms with Crippen molar-refractivity contribution in [3.05, 3.63) is 35.0 Å². The van der Waals surface area contributed by atoms with E-state index in [-0.39, 0.29) is 6.42 Å². The standard InChI is InChI=1S/C14H17ClO4/c1-14(16,8-12(17-2)18-3)11-7-9-5-4-6-10(15)13(9)19-11/h4-7,12,16H,8H2,1-3H3. The second-order valence-electron chi connectivity index (χ2n) is 4.65. The Kier molecular flexibility index (Phi) is 4.16. The number of para-hydroxylation sites is 1. The Hall–Kier alpha value is -1.07. The van der Waals surface area contributed by atoms with Gasteiger partial charge in [0.1, 0.15) is 11.4 Å². The Morgan fingerprint density at radius 2 is 2.05 bits per heavy atom. The Morgan fingerprint density at radius 1 is 1.37 bits per heavy atom. The average Bonchev–Trinajstić information content (AvgIpc) is 2.82. The van der Waals surface area contributed by atoms with Crippen LogP contribution < -0.4 is 0 Å². The molecule has 0 bridgehead atoms. The molecule has 5 heteroatoms. The summed E-state index contributed by atoms with van der Waals surface area (Å²) in [4.78, 5) is 0. The largest absolute Gasteiger partial charge is 0.456 e. The smallest absolute Gasteiger partial charge is 0.160 e. The van der Waals surface area contributed by atoms with E-state index in [0.29, 0.717) is 16.4 Å². The summed E-state index contributed by atoms with van der Waals surface area (Å²) < 4.78 is 15.9. The fraction of sp³-hybridized carbons (Fsp3) is 0.429. The van der Waals surface area contributed by atoms with E-state index in [4.69, 9.17) is 25.5 Å². The first-order valence-corrected chi connectivity index (χ1v) is 6.32. The van der Waals surface area contributed by atoms with Crippen LogP contribution in [-0.4, -0.2) is 25.6 Å². The van der Waals surface area contributed by atoms with Crippen molar-refractivity contribution < 1.29 is 19.0 Å². The fourth-order valence-corrected chi connectivity index (χ4v) is 2.20. The van der Waals surface area contributed by atoms with Gasteiger partial charge in [0.15, 0.2) is 11.9 Å². The van der Waals surface area contributed by atoms with Gasteiger partial charge in [0.25, 0.3) is 0 Å². The maximum atomic E-state index is 10.5. The molecule has 2 aromatic rings. The van der Waals surface area contributed by atoms with Gasteiger partial charge in [-0.15, -0.1) is 0 Å². The van der Waals surface area contributed by atoms with E-state index >= 15 is 0 Å². The lowest BCUT2D eigenvalue weighted by Crippen LogP contribution is -2.29. The molecule has 1 heterocycles. The number of hydrogen-bond donors (Lipinski definition) is 1. The molecule has 1 aromatic carbocycles. The number of hydrogen-bond acceptors (Lipinski definition) is 4. The summed E-state index contributed by atoms with van der Waals surface area (Å²) in [5.74, 6) is 0.440. The molecule has 0 saturated carbocycles. The van der Waals surface area contributed by atoms with Crippen LogP contribution in [0.4, 0.5) is 0 Å². The van der Waals surface area contributed by atoms with Crippen LogP contribution in [-0.2, 0) is 15.1 Å². The lowest BCUT2D eigenvalue weighted by molar-refractivity contribution is -0.145. The first-order chi connectivity index (χ1) is 8.97. The highest BCUT2D eigenvalue weighted by atomic mass is 35.5. The van der Waals surface area contributed by atoms with E-state index in [9.17, 15) is 5.11 Å². The number of halogens is 1. The van der Waals surface area contributed by atoms with Crippen LogP contribution in [0.25, 0.3) is 11.0 Å². The highest BCUT2D eigenvalue weighted by Crippen LogP contribution is 2.34. The summed E-state index contributed by atoms with van der Waals surface area (Å²) in [5, 5.41) is 11.9. The molecule has 0 spiro atoms. The lowest BCUT2D eigenvalue weighted by Gasteiger charge is -2.24. The van der Waals surface area contributed by atoms with Crippen molar-refractivity contribution in [3.63, 3.8) is 0 Å². The van der Waals surface area contributed by atoms with E-state index in [1.165, 1.54) is 14.2 Å². The highest BCUT2D eigenvalue weighted by Gasteiger charge is 2.31. The van der Waals surface area contributed by atoms with Crippen LogP contribution in [0.5, 0.6) is 0 Å². The quantitative estimate of drug-likeness (QED) is 0.856. The molecule has 19 heavy (non-hydrogen) atoms. The number of benzene rings is 1. The number of fused-ring (bicyclic) bond motifs is 1. The maximum Gasteiger partial charge on any atom is 0.160 e. The van der Waals surface area contributed by atoms with Gasteiger partial charge < -0.3 is 19.0 Å². The third kappa shape index (κ3) is 2.92. The first kappa shape index (κ1) is 14.3. The van der Waals surface area contributed by atoms with Crippen molar-refractivity contribution in [2.24, 2.45) is 0 Å². The summed E-state index contributed by atoms with van der Waals surface area (Å²) in [6.45, 7) is 1.66. The van der Waals surface area contributed by atoms with Gasteiger partial charge in [0.2, 0.25) is 0 Å². The molecule has 0 fully saturated rings. The second kappa shape index (κ2) is 5.51. The van der Waals surface area contributed by atoms with Crippen molar-refractivity contribution in [2.45, 2.75) is 25.2 Å². The number of ether oxygens (including phenoxy) is 2. The number of furan rings is 1. The van der Waals surface area contributed by atoms with Crippen molar-refractivity contribution in [1.82, 2.24) is 0 Å². The zero-order valence-corrected chi connectivity index (χ0v) is 11.9. The van der Waals surface area contributed by atoms with Gasteiger partial charge in [0, 0.05) is 26.0 Å². The first-order valence-electron chi connectivity index (χ1n) is 5.94. The Bertz CT molecular complexity index is 558. The summed E-state index contributed by atoms with van der Waals surface area (Å²) in [7, 11) is 3.06. The van der Waals surface area contributed by atoms with E-state index in [0.717, 1.165) is 5.39 Å². The summed E-state index contributed by atoms with van der Waals surface area (Å²) in [6, 6.07) is 7.25. The van der Waals surface area contributed by atoms with Gasteiger partial charge in [-0.1, -0.05) is 23.7 Å². The third-order valence-electron chi connectivity index (χ3n) is 3.12.